The van der Waals surface area contributed by atoms with Gasteiger partial charge >= 0.3 is 0 Å². The maximum Gasteiger partial charge on any atom is 0.283 e. The van der Waals surface area contributed by atoms with E-state index in [2.05, 4.69) is 26.3 Å². The van der Waals surface area contributed by atoms with E-state index in [0.717, 1.165) is 6.54 Å². The van der Waals surface area contributed by atoms with Crippen LogP contribution < -0.4 is 10.9 Å². The third kappa shape index (κ3) is 3.79. The summed E-state index contributed by atoms with van der Waals surface area (Å²) in [6, 6.07) is 0. The summed E-state index contributed by atoms with van der Waals surface area (Å²) >= 11 is 3.37. The molecule has 1 fully saturated rings. The van der Waals surface area contributed by atoms with Crippen LogP contribution in [0.1, 0.15) is 26.7 Å². The normalized spacial score (nSPS) is 15.6. The van der Waals surface area contributed by atoms with E-state index in [4.69, 9.17) is 4.74 Å². The zero-order chi connectivity index (χ0) is 14.0. The lowest BCUT2D eigenvalue weighted by Crippen LogP contribution is -2.37. The SMILES string of the molecule is COCC(C)(C)Nc1cnn(CC2CC2)c(=O)c1Br. The smallest absolute Gasteiger partial charge is 0.283 e. The summed E-state index contributed by atoms with van der Waals surface area (Å²) in [5, 5.41) is 7.51. The lowest BCUT2D eigenvalue weighted by Gasteiger charge is -2.27. The highest BCUT2D eigenvalue weighted by Crippen LogP contribution is 2.30. The van der Waals surface area contributed by atoms with Crippen LogP contribution in [0.5, 0.6) is 0 Å². The number of hydrogen-bond acceptors (Lipinski definition) is 4. The number of aromatic nitrogens is 2. The Balaban J connectivity index is 2.18. The minimum Gasteiger partial charge on any atom is -0.382 e. The fraction of sp³-hybridized carbons (Fsp3) is 0.692. The lowest BCUT2D eigenvalue weighted by molar-refractivity contribution is 0.158. The largest absolute Gasteiger partial charge is 0.382 e. The van der Waals surface area contributed by atoms with Gasteiger partial charge in [-0.2, -0.15) is 5.10 Å². The summed E-state index contributed by atoms with van der Waals surface area (Å²) in [6.45, 7) is 5.29. The molecule has 0 atom stereocenters. The molecule has 1 aliphatic rings. The number of methoxy groups -OCH3 is 1. The van der Waals surface area contributed by atoms with E-state index in [-0.39, 0.29) is 11.1 Å². The van der Waals surface area contributed by atoms with Crippen molar-refractivity contribution in [2.24, 2.45) is 5.92 Å². The molecule has 0 aliphatic heterocycles. The van der Waals surface area contributed by atoms with Crippen molar-refractivity contribution >= 4 is 21.6 Å². The van der Waals surface area contributed by atoms with Gasteiger partial charge in [-0.3, -0.25) is 4.79 Å². The molecule has 1 N–H and O–H groups in total. The molecule has 19 heavy (non-hydrogen) atoms. The molecular formula is C13H20BrN3O2. The van der Waals surface area contributed by atoms with Crippen molar-refractivity contribution in [1.82, 2.24) is 9.78 Å². The van der Waals surface area contributed by atoms with Crippen molar-refractivity contribution in [3.05, 3.63) is 21.0 Å². The molecule has 106 valence electrons. The van der Waals surface area contributed by atoms with Gasteiger partial charge in [0.05, 0.1) is 24.0 Å². The van der Waals surface area contributed by atoms with Gasteiger partial charge < -0.3 is 10.1 Å². The van der Waals surface area contributed by atoms with Crippen molar-refractivity contribution in [2.75, 3.05) is 19.0 Å². The fourth-order valence-electron chi connectivity index (χ4n) is 1.99. The molecule has 0 spiro atoms. The molecule has 0 saturated heterocycles. The van der Waals surface area contributed by atoms with Crippen molar-refractivity contribution in [3.63, 3.8) is 0 Å². The van der Waals surface area contributed by atoms with Crippen molar-refractivity contribution in [3.8, 4) is 0 Å². The highest BCUT2D eigenvalue weighted by Gasteiger charge is 2.24. The molecule has 1 aliphatic carbocycles. The second-order valence-electron chi connectivity index (χ2n) is 5.74. The van der Waals surface area contributed by atoms with Gasteiger partial charge in [0.15, 0.2) is 0 Å². The number of nitrogens with zero attached hydrogens (tertiary/aromatic N) is 2. The lowest BCUT2D eigenvalue weighted by atomic mass is 10.1. The van der Waals surface area contributed by atoms with Crippen LogP contribution in [0.25, 0.3) is 0 Å². The monoisotopic (exact) mass is 329 g/mol. The fourth-order valence-corrected chi connectivity index (χ4v) is 2.39. The molecule has 0 bridgehead atoms. The molecule has 0 unspecified atom stereocenters. The van der Waals surface area contributed by atoms with E-state index in [0.29, 0.717) is 22.7 Å². The van der Waals surface area contributed by atoms with Crippen LogP contribution in [-0.2, 0) is 11.3 Å². The van der Waals surface area contributed by atoms with Crippen LogP contribution in [0.3, 0.4) is 0 Å². The highest BCUT2D eigenvalue weighted by molar-refractivity contribution is 9.10. The van der Waals surface area contributed by atoms with Gasteiger partial charge in [-0.05, 0) is 48.5 Å². The quantitative estimate of drug-likeness (QED) is 0.869. The Labute approximate surface area is 121 Å². The molecule has 2 rings (SSSR count). The van der Waals surface area contributed by atoms with E-state index < -0.39 is 0 Å². The van der Waals surface area contributed by atoms with Crippen LogP contribution in [0.4, 0.5) is 5.69 Å². The van der Waals surface area contributed by atoms with E-state index in [9.17, 15) is 4.79 Å². The van der Waals surface area contributed by atoms with Gasteiger partial charge in [-0.25, -0.2) is 4.68 Å². The molecule has 0 radical (unpaired) electrons. The molecular weight excluding hydrogens is 310 g/mol. The number of ether oxygens (including phenoxy) is 1. The molecule has 1 aromatic heterocycles. The maximum absolute atomic E-state index is 12.2. The first-order valence-electron chi connectivity index (χ1n) is 6.46. The molecule has 0 amide bonds. The van der Waals surface area contributed by atoms with Crippen LogP contribution in [0.15, 0.2) is 15.5 Å². The van der Waals surface area contributed by atoms with Gasteiger partial charge in [0, 0.05) is 13.7 Å². The maximum atomic E-state index is 12.2. The van der Waals surface area contributed by atoms with E-state index in [1.54, 1.807) is 13.3 Å². The molecule has 1 heterocycles. The van der Waals surface area contributed by atoms with Crippen LogP contribution in [0, 0.1) is 5.92 Å². The Kier molecular flexibility index (Phi) is 4.30. The summed E-state index contributed by atoms with van der Waals surface area (Å²) in [5.74, 6) is 0.626. The zero-order valence-electron chi connectivity index (χ0n) is 11.6. The van der Waals surface area contributed by atoms with E-state index in [1.807, 2.05) is 13.8 Å². The average molecular weight is 330 g/mol. The van der Waals surface area contributed by atoms with E-state index >= 15 is 0 Å². The topological polar surface area (TPSA) is 56.1 Å². The first kappa shape index (κ1) is 14.5. The standard InChI is InChI=1S/C13H20BrN3O2/c1-13(2,8-19-3)16-10-6-15-17(7-9-4-5-9)12(18)11(10)14/h6,9,16H,4-5,7-8H2,1-3H3. The summed E-state index contributed by atoms with van der Waals surface area (Å²) in [4.78, 5) is 12.2. The van der Waals surface area contributed by atoms with Crippen molar-refractivity contribution < 1.29 is 4.74 Å². The highest BCUT2D eigenvalue weighted by atomic mass is 79.9. The number of nitrogens with one attached hydrogen (secondary N) is 1. The van der Waals surface area contributed by atoms with Gasteiger partial charge in [-0.1, -0.05) is 0 Å². The number of anilines is 1. The van der Waals surface area contributed by atoms with Crippen molar-refractivity contribution in [1.29, 1.82) is 0 Å². The molecule has 5 nitrogen and oxygen atoms in total. The van der Waals surface area contributed by atoms with Crippen LogP contribution in [0.2, 0.25) is 0 Å². The summed E-state index contributed by atoms with van der Waals surface area (Å²) in [7, 11) is 1.66. The molecule has 1 aromatic rings. The molecule has 0 aromatic carbocycles. The van der Waals surface area contributed by atoms with Crippen LogP contribution >= 0.6 is 15.9 Å². The van der Waals surface area contributed by atoms with Gasteiger partial charge in [-0.15, -0.1) is 0 Å². The molecule has 6 heteroatoms. The Morgan fingerprint density at radius 3 is 2.84 bits per heavy atom. The van der Waals surface area contributed by atoms with Crippen molar-refractivity contribution in [2.45, 2.75) is 38.8 Å². The Hall–Kier alpha value is -0.880. The Morgan fingerprint density at radius 2 is 2.26 bits per heavy atom. The summed E-state index contributed by atoms with van der Waals surface area (Å²) in [6.07, 6.45) is 4.10. The predicted octanol–water partition coefficient (Wildman–Crippen LogP) is 2.25. The van der Waals surface area contributed by atoms with Crippen LogP contribution in [-0.4, -0.2) is 29.0 Å². The minimum absolute atomic E-state index is 0.0786. The first-order chi connectivity index (χ1) is 8.93. The summed E-state index contributed by atoms with van der Waals surface area (Å²) < 4.78 is 7.22. The van der Waals surface area contributed by atoms with E-state index in [1.165, 1.54) is 17.5 Å². The number of hydrogen-bond donors (Lipinski definition) is 1. The number of halogens is 1. The first-order valence-corrected chi connectivity index (χ1v) is 7.25. The average Bonchev–Trinajstić information content (AvgIpc) is 3.12. The molecule has 1 saturated carbocycles. The third-order valence-electron chi connectivity index (χ3n) is 3.09. The number of rotatable bonds is 6. The Bertz CT molecular complexity index is 509. The third-order valence-corrected chi connectivity index (χ3v) is 3.86. The minimum atomic E-state index is -0.256. The second-order valence-corrected chi connectivity index (χ2v) is 6.54. The Morgan fingerprint density at radius 1 is 1.58 bits per heavy atom. The predicted molar refractivity (Wildman–Crippen MR) is 78.5 cm³/mol. The van der Waals surface area contributed by atoms with Gasteiger partial charge in [0.25, 0.3) is 5.56 Å². The zero-order valence-corrected chi connectivity index (χ0v) is 13.2. The second kappa shape index (κ2) is 5.63. The summed E-state index contributed by atoms with van der Waals surface area (Å²) in [5.41, 5.74) is 0.373. The van der Waals surface area contributed by atoms with Gasteiger partial charge in [0.1, 0.15) is 4.47 Å². The van der Waals surface area contributed by atoms with Gasteiger partial charge in [0.2, 0.25) is 0 Å².